The third kappa shape index (κ3) is 3.11. The fourth-order valence-electron chi connectivity index (χ4n) is 2.11. The minimum Gasteiger partial charge on any atom is -0.457 e. The number of halogens is 2. The summed E-state index contributed by atoms with van der Waals surface area (Å²) in [5.74, 6) is 0.389. The van der Waals surface area contributed by atoms with E-state index in [-0.39, 0.29) is 5.56 Å². The molecule has 0 aliphatic rings. The van der Waals surface area contributed by atoms with Gasteiger partial charge in [0.05, 0.1) is 0 Å². The summed E-state index contributed by atoms with van der Waals surface area (Å²) in [6, 6.07) is 15.4. The van der Waals surface area contributed by atoms with E-state index in [1.54, 1.807) is 6.07 Å². The second-order valence-corrected chi connectivity index (χ2v) is 5.51. The number of carbonyl (C=O) groups is 1. The molecule has 0 spiro atoms. The summed E-state index contributed by atoms with van der Waals surface area (Å²) in [6.07, 6.45) is 0.591. The van der Waals surface area contributed by atoms with E-state index in [1.165, 1.54) is 12.1 Å². The predicted octanol–water partition coefficient (Wildman–Crippen LogP) is 5.35. The molecular formula is C17H10BrFO2. The average molecular weight is 345 g/mol. The molecule has 3 aromatic carbocycles. The Kier molecular flexibility index (Phi) is 3.71. The van der Waals surface area contributed by atoms with E-state index in [0.29, 0.717) is 17.8 Å². The quantitative estimate of drug-likeness (QED) is 0.599. The van der Waals surface area contributed by atoms with Crippen LogP contribution in [0.1, 0.15) is 10.4 Å². The van der Waals surface area contributed by atoms with Gasteiger partial charge in [-0.3, -0.25) is 4.79 Å². The van der Waals surface area contributed by atoms with Crippen molar-refractivity contribution in [3.05, 3.63) is 70.5 Å². The molecule has 2 nitrogen and oxygen atoms in total. The topological polar surface area (TPSA) is 26.3 Å². The zero-order valence-electron chi connectivity index (χ0n) is 10.8. The second-order valence-electron chi connectivity index (χ2n) is 4.59. The molecule has 0 atom stereocenters. The third-order valence-electron chi connectivity index (χ3n) is 3.04. The van der Waals surface area contributed by atoms with Crippen LogP contribution in [0.5, 0.6) is 11.5 Å². The standard InChI is InChI=1S/C17H10BrFO2/c18-14-3-1-13-8-16(4-2-12(13)7-14)21-17-6-11(10-20)5-15(19)9-17/h1-10H. The van der Waals surface area contributed by atoms with Crippen LogP contribution in [0.15, 0.2) is 59.1 Å². The van der Waals surface area contributed by atoms with Crippen molar-refractivity contribution in [1.82, 2.24) is 0 Å². The Morgan fingerprint density at radius 3 is 2.48 bits per heavy atom. The molecule has 3 aromatic rings. The van der Waals surface area contributed by atoms with E-state index < -0.39 is 5.82 Å². The SMILES string of the molecule is O=Cc1cc(F)cc(Oc2ccc3cc(Br)ccc3c2)c1. The van der Waals surface area contributed by atoms with Gasteiger partial charge in [-0.05, 0) is 47.2 Å². The van der Waals surface area contributed by atoms with Crippen molar-refractivity contribution in [1.29, 1.82) is 0 Å². The first-order chi connectivity index (χ1) is 10.1. The Hall–Kier alpha value is -2.20. The van der Waals surface area contributed by atoms with Crippen LogP contribution in [0.25, 0.3) is 10.8 Å². The van der Waals surface area contributed by atoms with Gasteiger partial charge in [-0.2, -0.15) is 0 Å². The smallest absolute Gasteiger partial charge is 0.150 e. The van der Waals surface area contributed by atoms with Crippen molar-refractivity contribution in [2.45, 2.75) is 0 Å². The molecule has 0 aliphatic heterocycles. The highest BCUT2D eigenvalue weighted by Crippen LogP contribution is 2.28. The molecule has 0 radical (unpaired) electrons. The lowest BCUT2D eigenvalue weighted by Gasteiger charge is -2.08. The summed E-state index contributed by atoms with van der Waals surface area (Å²) in [5.41, 5.74) is 0.245. The molecule has 0 saturated heterocycles. The summed E-state index contributed by atoms with van der Waals surface area (Å²) < 4.78 is 20.0. The summed E-state index contributed by atoms with van der Waals surface area (Å²) in [6.45, 7) is 0. The average Bonchev–Trinajstić information content (AvgIpc) is 2.47. The van der Waals surface area contributed by atoms with Crippen LogP contribution in [0, 0.1) is 5.82 Å². The maximum Gasteiger partial charge on any atom is 0.150 e. The molecule has 0 aliphatic carbocycles. The number of hydrogen-bond donors (Lipinski definition) is 0. The Morgan fingerprint density at radius 2 is 1.67 bits per heavy atom. The van der Waals surface area contributed by atoms with Gasteiger partial charge in [0.25, 0.3) is 0 Å². The summed E-state index contributed by atoms with van der Waals surface area (Å²) in [4.78, 5) is 10.7. The van der Waals surface area contributed by atoms with Gasteiger partial charge in [0, 0.05) is 16.1 Å². The van der Waals surface area contributed by atoms with E-state index in [4.69, 9.17) is 4.74 Å². The lowest BCUT2D eigenvalue weighted by atomic mass is 10.1. The molecule has 21 heavy (non-hydrogen) atoms. The van der Waals surface area contributed by atoms with Crippen molar-refractivity contribution < 1.29 is 13.9 Å². The van der Waals surface area contributed by atoms with Crippen molar-refractivity contribution in [2.75, 3.05) is 0 Å². The molecule has 0 heterocycles. The first-order valence-corrected chi connectivity index (χ1v) is 7.06. The van der Waals surface area contributed by atoms with Crippen LogP contribution in [-0.2, 0) is 0 Å². The Morgan fingerprint density at radius 1 is 0.905 bits per heavy atom. The normalized spacial score (nSPS) is 10.6. The highest BCUT2D eigenvalue weighted by molar-refractivity contribution is 9.10. The van der Waals surface area contributed by atoms with Gasteiger partial charge in [0.1, 0.15) is 23.6 Å². The van der Waals surface area contributed by atoms with Crippen LogP contribution in [0.3, 0.4) is 0 Å². The Balaban J connectivity index is 1.96. The Bertz CT molecular complexity index is 830. The minimum absolute atomic E-state index is 0.245. The van der Waals surface area contributed by atoms with Crippen molar-refractivity contribution in [2.24, 2.45) is 0 Å². The van der Waals surface area contributed by atoms with Gasteiger partial charge in [0.2, 0.25) is 0 Å². The second kappa shape index (κ2) is 5.66. The number of aldehydes is 1. The number of carbonyl (C=O) groups excluding carboxylic acids is 1. The first kappa shape index (κ1) is 13.8. The summed E-state index contributed by atoms with van der Waals surface area (Å²) in [7, 11) is 0. The molecule has 4 heteroatoms. The van der Waals surface area contributed by atoms with Gasteiger partial charge in [0.15, 0.2) is 0 Å². The number of ether oxygens (including phenoxy) is 1. The van der Waals surface area contributed by atoms with Gasteiger partial charge < -0.3 is 4.74 Å². The fraction of sp³-hybridized carbons (Fsp3) is 0. The van der Waals surface area contributed by atoms with E-state index in [1.807, 2.05) is 30.3 Å². The maximum absolute atomic E-state index is 13.4. The Labute approximate surface area is 129 Å². The zero-order valence-corrected chi connectivity index (χ0v) is 12.4. The van der Waals surface area contributed by atoms with E-state index in [9.17, 15) is 9.18 Å². The molecule has 0 saturated carbocycles. The molecule has 3 rings (SSSR count). The van der Waals surface area contributed by atoms with Gasteiger partial charge in [-0.25, -0.2) is 4.39 Å². The molecule has 104 valence electrons. The minimum atomic E-state index is -0.501. The molecule has 0 fully saturated rings. The molecule has 0 N–H and O–H groups in total. The van der Waals surface area contributed by atoms with Crippen LogP contribution in [0.2, 0.25) is 0 Å². The molecule has 0 amide bonds. The molecule has 0 aromatic heterocycles. The first-order valence-electron chi connectivity index (χ1n) is 6.27. The highest BCUT2D eigenvalue weighted by Gasteiger charge is 2.04. The van der Waals surface area contributed by atoms with Crippen molar-refractivity contribution >= 4 is 33.0 Å². The molecule has 0 unspecified atom stereocenters. The number of rotatable bonds is 3. The van der Waals surface area contributed by atoms with Gasteiger partial charge in [-0.15, -0.1) is 0 Å². The summed E-state index contributed by atoms with van der Waals surface area (Å²) >= 11 is 3.42. The van der Waals surface area contributed by atoms with Crippen molar-refractivity contribution in [3.63, 3.8) is 0 Å². The van der Waals surface area contributed by atoms with E-state index >= 15 is 0 Å². The lowest BCUT2D eigenvalue weighted by Crippen LogP contribution is -1.89. The number of fused-ring (bicyclic) bond motifs is 1. The van der Waals surface area contributed by atoms with Gasteiger partial charge in [-0.1, -0.05) is 28.1 Å². The fourth-order valence-corrected chi connectivity index (χ4v) is 2.48. The number of hydrogen-bond acceptors (Lipinski definition) is 2. The number of benzene rings is 3. The largest absolute Gasteiger partial charge is 0.457 e. The zero-order chi connectivity index (χ0) is 14.8. The maximum atomic E-state index is 13.4. The predicted molar refractivity (Wildman–Crippen MR) is 83.5 cm³/mol. The monoisotopic (exact) mass is 344 g/mol. The van der Waals surface area contributed by atoms with Gasteiger partial charge >= 0.3 is 0 Å². The van der Waals surface area contributed by atoms with Crippen LogP contribution < -0.4 is 4.74 Å². The summed E-state index contributed by atoms with van der Waals surface area (Å²) in [5, 5.41) is 2.09. The van der Waals surface area contributed by atoms with Crippen LogP contribution >= 0.6 is 15.9 Å². The molecule has 0 bridgehead atoms. The molecular weight excluding hydrogens is 335 g/mol. The lowest BCUT2D eigenvalue weighted by molar-refractivity contribution is 0.112. The van der Waals surface area contributed by atoms with E-state index in [0.717, 1.165) is 21.3 Å². The highest BCUT2D eigenvalue weighted by atomic mass is 79.9. The van der Waals surface area contributed by atoms with Crippen LogP contribution in [-0.4, -0.2) is 6.29 Å². The third-order valence-corrected chi connectivity index (χ3v) is 3.53. The van der Waals surface area contributed by atoms with E-state index in [2.05, 4.69) is 15.9 Å². The van der Waals surface area contributed by atoms with Crippen LogP contribution in [0.4, 0.5) is 4.39 Å². The van der Waals surface area contributed by atoms with Crippen molar-refractivity contribution in [3.8, 4) is 11.5 Å².